The molecule has 6 nitrogen and oxygen atoms in total. The molecule has 1 aliphatic heterocycles. The van der Waals surface area contributed by atoms with Crippen LogP contribution < -0.4 is 9.47 Å². The number of rotatable bonds is 6. The van der Waals surface area contributed by atoms with Gasteiger partial charge in [0.2, 0.25) is 5.78 Å². The van der Waals surface area contributed by atoms with Gasteiger partial charge in [-0.25, -0.2) is 4.79 Å². The van der Waals surface area contributed by atoms with Crippen LogP contribution >= 0.6 is 11.3 Å². The number of ketones is 1. The third-order valence-corrected chi connectivity index (χ3v) is 5.73. The van der Waals surface area contributed by atoms with E-state index in [1.807, 2.05) is 48.7 Å². The summed E-state index contributed by atoms with van der Waals surface area (Å²) in [4.78, 5) is 25.1. The van der Waals surface area contributed by atoms with Gasteiger partial charge in [-0.1, -0.05) is 18.2 Å². The van der Waals surface area contributed by atoms with Gasteiger partial charge in [-0.05, 0) is 43.5 Å². The number of benzene rings is 1. The fourth-order valence-corrected chi connectivity index (χ4v) is 4.01. The van der Waals surface area contributed by atoms with Crippen LogP contribution in [-0.4, -0.2) is 35.6 Å². The van der Waals surface area contributed by atoms with Crippen molar-refractivity contribution in [3.05, 3.63) is 69.7 Å². The van der Waals surface area contributed by atoms with Gasteiger partial charge in [0.05, 0.1) is 6.54 Å². The second-order valence-corrected chi connectivity index (χ2v) is 7.82. The van der Waals surface area contributed by atoms with Crippen molar-refractivity contribution in [1.29, 1.82) is 0 Å². The van der Waals surface area contributed by atoms with Gasteiger partial charge in [0, 0.05) is 17.0 Å². The van der Waals surface area contributed by atoms with E-state index in [0.717, 1.165) is 22.9 Å². The summed E-state index contributed by atoms with van der Waals surface area (Å²) in [6.45, 7) is 4.56. The zero-order valence-corrected chi connectivity index (χ0v) is 17.0. The molecule has 0 saturated carbocycles. The summed E-state index contributed by atoms with van der Waals surface area (Å²) in [5.74, 6) is 0.769. The number of hydrogen-bond donors (Lipinski definition) is 0. The van der Waals surface area contributed by atoms with E-state index < -0.39 is 5.97 Å². The van der Waals surface area contributed by atoms with Crippen molar-refractivity contribution in [3.63, 3.8) is 0 Å². The summed E-state index contributed by atoms with van der Waals surface area (Å²) in [7, 11) is 0. The average Bonchev–Trinajstić information content (AvgIpc) is 3.36. The predicted octanol–water partition coefficient (Wildman–Crippen LogP) is 4.05. The van der Waals surface area contributed by atoms with E-state index in [-0.39, 0.29) is 18.5 Å². The Kier molecular flexibility index (Phi) is 5.40. The van der Waals surface area contributed by atoms with Crippen molar-refractivity contribution in [2.75, 3.05) is 13.2 Å². The number of hydrogen-bond acceptors (Lipinski definition) is 6. The molecular weight excluding hydrogens is 390 g/mol. The largest absolute Gasteiger partial charge is 0.486 e. The summed E-state index contributed by atoms with van der Waals surface area (Å²) in [5.41, 5.74) is 2.32. The van der Waals surface area contributed by atoms with Crippen LogP contribution in [0.4, 0.5) is 0 Å². The van der Waals surface area contributed by atoms with Crippen molar-refractivity contribution in [3.8, 4) is 11.5 Å². The van der Waals surface area contributed by atoms with E-state index in [9.17, 15) is 9.59 Å². The highest BCUT2D eigenvalue weighted by molar-refractivity contribution is 7.11. The monoisotopic (exact) mass is 411 g/mol. The van der Waals surface area contributed by atoms with E-state index in [0.29, 0.717) is 23.6 Å². The Bertz CT molecular complexity index is 1040. The van der Waals surface area contributed by atoms with Crippen LogP contribution in [0.1, 0.15) is 31.4 Å². The number of para-hydroxylation sites is 2. The van der Waals surface area contributed by atoms with E-state index in [1.165, 1.54) is 11.3 Å². The number of aromatic nitrogens is 1. The lowest BCUT2D eigenvalue weighted by atomic mass is 10.1. The molecule has 0 amide bonds. The van der Waals surface area contributed by atoms with Gasteiger partial charge in [0.1, 0.15) is 11.5 Å². The maximum absolute atomic E-state index is 12.6. The number of carbonyl (C=O) groups is 2. The van der Waals surface area contributed by atoms with Crippen LogP contribution in [0.2, 0.25) is 0 Å². The molecule has 3 aromatic rings. The molecule has 1 aliphatic rings. The van der Waals surface area contributed by atoms with Gasteiger partial charge in [0.25, 0.3) is 0 Å². The number of ether oxygens (including phenoxy) is 3. The fourth-order valence-electron chi connectivity index (χ4n) is 3.40. The van der Waals surface area contributed by atoms with Crippen molar-refractivity contribution in [2.45, 2.75) is 26.5 Å². The smallest absolute Gasteiger partial charge is 0.348 e. The molecular formula is C22H21NO5S. The molecule has 7 heteroatoms. The number of thiophene rings is 1. The SMILES string of the molecule is Cc1cc(C(=O)COC(=O)c2cccs2)c(C)n1C[C@H]1COc2ccccc2O1. The fraction of sp³-hybridized carbons (Fsp3) is 0.273. The molecule has 0 radical (unpaired) electrons. The number of carbonyl (C=O) groups excluding carboxylic acids is 2. The molecule has 2 aromatic heterocycles. The van der Waals surface area contributed by atoms with E-state index in [2.05, 4.69) is 0 Å². The van der Waals surface area contributed by atoms with Crippen molar-refractivity contribution in [2.24, 2.45) is 0 Å². The summed E-state index contributed by atoms with van der Waals surface area (Å²) in [6.07, 6.45) is -0.158. The summed E-state index contributed by atoms with van der Waals surface area (Å²) in [5, 5.41) is 1.79. The third kappa shape index (κ3) is 4.05. The second-order valence-electron chi connectivity index (χ2n) is 6.87. The highest BCUT2D eigenvalue weighted by Gasteiger charge is 2.24. The highest BCUT2D eigenvalue weighted by atomic mass is 32.1. The molecule has 1 aromatic carbocycles. The minimum Gasteiger partial charge on any atom is -0.486 e. The van der Waals surface area contributed by atoms with E-state index in [1.54, 1.807) is 17.5 Å². The molecule has 0 bridgehead atoms. The van der Waals surface area contributed by atoms with E-state index in [4.69, 9.17) is 14.2 Å². The van der Waals surface area contributed by atoms with Gasteiger partial charge in [-0.15, -0.1) is 11.3 Å². The average molecular weight is 411 g/mol. The maximum Gasteiger partial charge on any atom is 0.348 e. The molecule has 29 heavy (non-hydrogen) atoms. The van der Waals surface area contributed by atoms with Crippen LogP contribution in [0, 0.1) is 13.8 Å². The van der Waals surface area contributed by atoms with Crippen LogP contribution in [0.5, 0.6) is 11.5 Å². The molecule has 4 rings (SSSR count). The molecule has 0 spiro atoms. The van der Waals surface area contributed by atoms with Gasteiger partial charge >= 0.3 is 5.97 Å². The first-order chi connectivity index (χ1) is 14.0. The van der Waals surface area contributed by atoms with Crippen molar-refractivity contribution < 1.29 is 23.8 Å². The lowest BCUT2D eigenvalue weighted by Gasteiger charge is -2.27. The first-order valence-corrected chi connectivity index (χ1v) is 10.2. The minimum atomic E-state index is -0.478. The van der Waals surface area contributed by atoms with E-state index >= 15 is 0 Å². The molecule has 3 heterocycles. The Hall–Kier alpha value is -3.06. The summed E-state index contributed by atoms with van der Waals surface area (Å²) < 4.78 is 19.0. The first kappa shape index (κ1) is 19.3. The quantitative estimate of drug-likeness (QED) is 0.452. The second kappa shape index (κ2) is 8.13. The molecule has 0 N–H and O–H groups in total. The molecule has 0 fully saturated rings. The van der Waals surface area contributed by atoms with Crippen LogP contribution in [-0.2, 0) is 11.3 Å². The van der Waals surface area contributed by atoms with Crippen LogP contribution in [0.3, 0.4) is 0 Å². The molecule has 150 valence electrons. The number of fused-ring (bicyclic) bond motifs is 1. The molecule has 0 aliphatic carbocycles. The molecule has 0 unspecified atom stereocenters. The normalized spacial score (nSPS) is 15.2. The first-order valence-electron chi connectivity index (χ1n) is 9.32. The topological polar surface area (TPSA) is 66.8 Å². The Morgan fingerprint density at radius 3 is 2.72 bits per heavy atom. The Morgan fingerprint density at radius 2 is 1.97 bits per heavy atom. The summed E-state index contributed by atoms with van der Waals surface area (Å²) in [6, 6.07) is 12.9. The Labute approximate surface area is 172 Å². The lowest BCUT2D eigenvalue weighted by Crippen LogP contribution is -2.33. The van der Waals surface area contributed by atoms with Gasteiger partial charge in [-0.3, -0.25) is 4.79 Å². The maximum atomic E-state index is 12.6. The zero-order chi connectivity index (χ0) is 20.4. The number of aryl methyl sites for hydroxylation is 1. The van der Waals surface area contributed by atoms with Crippen LogP contribution in [0.25, 0.3) is 0 Å². The minimum absolute atomic E-state index is 0.158. The van der Waals surface area contributed by atoms with Crippen LogP contribution in [0.15, 0.2) is 47.8 Å². The summed E-state index contributed by atoms with van der Waals surface area (Å²) >= 11 is 1.29. The molecule has 1 atom stereocenters. The Morgan fingerprint density at radius 1 is 1.17 bits per heavy atom. The van der Waals surface area contributed by atoms with Crippen molar-refractivity contribution >= 4 is 23.1 Å². The lowest BCUT2D eigenvalue weighted by molar-refractivity contribution is 0.0479. The molecule has 0 saturated heterocycles. The number of Topliss-reactive ketones (excluding diaryl/α,β-unsaturated/α-hetero) is 1. The zero-order valence-electron chi connectivity index (χ0n) is 16.2. The third-order valence-electron chi connectivity index (χ3n) is 4.88. The van der Waals surface area contributed by atoms with Gasteiger partial charge < -0.3 is 18.8 Å². The Balaban J connectivity index is 1.42. The van der Waals surface area contributed by atoms with Gasteiger partial charge in [0.15, 0.2) is 24.2 Å². The number of esters is 1. The highest BCUT2D eigenvalue weighted by Crippen LogP contribution is 2.31. The standard InChI is InChI=1S/C22H21NO5S/c1-14-10-17(18(24)13-27-22(25)21-8-5-9-29-21)15(2)23(14)11-16-12-26-19-6-3-4-7-20(19)28-16/h3-10,16H,11-13H2,1-2H3/t16-/m0/s1. The van der Waals surface area contributed by atoms with Gasteiger partial charge in [-0.2, -0.15) is 0 Å². The predicted molar refractivity (Wildman–Crippen MR) is 109 cm³/mol. The van der Waals surface area contributed by atoms with Crippen molar-refractivity contribution in [1.82, 2.24) is 4.57 Å². The number of nitrogens with zero attached hydrogens (tertiary/aromatic N) is 1.